The van der Waals surface area contributed by atoms with Crippen molar-refractivity contribution in [3.8, 4) is 11.8 Å². The van der Waals surface area contributed by atoms with E-state index in [9.17, 15) is 5.11 Å². The standard InChI is InChI=1S/C13H10ClN3O/c1-17(10-3-2-4-11(18)7-10)13-12(14)9(8-15)5-6-16-13/h2-7,18H,1H3. The minimum atomic E-state index is 0.159. The number of phenolic OH excluding ortho intramolecular Hbond substituents is 1. The van der Waals surface area contributed by atoms with Crippen molar-refractivity contribution < 1.29 is 5.11 Å². The molecule has 18 heavy (non-hydrogen) atoms. The number of aromatic hydroxyl groups is 1. The lowest BCUT2D eigenvalue weighted by Gasteiger charge is -2.19. The Morgan fingerprint density at radius 3 is 2.83 bits per heavy atom. The fourth-order valence-electron chi connectivity index (χ4n) is 1.58. The third-order valence-corrected chi connectivity index (χ3v) is 2.90. The van der Waals surface area contributed by atoms with Crippen LogP contribution in [-0.2, 0) is 0 Å². The van der Waals surface area contributed by atoms with Crippen LogP contribution in [-0.4, -0.2) is 17.1 Å². The summed E-state index contributed by atoms with van der Waals surface area (Å²) in [6.07, 6.45) is 1.53. The molecule has 2 rings (SSSR count). The van der Waals surface area contributed by atoms with E-state index in [0.717, 1.165) is 5.69 Å². The van der Waals surface area contributed by atoms with Crippen molar-refractivity contribution in [2.45, 2.75) is 0 Å². The Morgan fingerprint density at radius 1 is 1.39 bits per heavy atom. The van der Waals surface area contributed by atoms with Crippen molar-refractivity contribution in [1.82, 2.24) is 4.98 Å². The van der Waals surface area contributed by atoms with E-state index >= 15 is 0 Å². The first-order valence-corrected chi connectivity index (χ1v) is 5.58. The number of anilines is 2. The molecule has 90 valence electrons. The Labute approximate surface area is 110 Å². The molecule has 1 aromatic carbocycles. The minimum Gasteiger partial charge on any atom is -0.508 e. The Morgan fingerprint density at radius 2 is 2.17 bits per heavy atom. The van der Waals surface area contributed by atoms with Crippen LogP contribution in [0.5, 0.6) is 5.75 Å². The molecule has 0 atom stereocenters. The molecule has 0 fully saturated rings. The number of nitrogens with zero attached hydrogens (tertiary/aromatic N) is 3. The van der Waals surface area contributed by atoms with E-state index in [4.69, 9.17) is 16.9 Å². The summed E-state index contributed by atoms with van der Waals surface area (Å²) < 4.78 is 0. The Kier molecular flexibility index (Phi) is 3.35. The molecule has 1 N–H and O–H groups in total. The third-order valence-electron chi connectivity index (χ3n) is 2.53. The lowest BCUT2D eigenvalue weighted by atomic mass is 10.2. The summed E-state index contributed by atoms with van der Waals surface area (Å²) in [6, 6.07) is 10.3. The summed E-state index contributed by atoms with van der Waals surface area (Å²) in [6.45, 7) is 0. The van der Waals surface area contributed by atoms with E-state index < -0.39 is 0 Å². The molecule has 0 saturated carbocycles. The summed E-state index contributed by atoms with van der Waals surface area (Å²) in [4.78, 5) is 5.87. The summed E-state index contributed by atoms with van der Waals surface area (Å²) in [7, 11) is 1.77. The average molecular weight is 260 g/mol. The molecule has 0 bridgehead atoms. The smallest absolute Gasteiger partial charge is 0.152 e. The molecule has 0 aliphatic carbocycles. The lowest BCUT2D eigenvalue weighted by molar-refractivity contribution is 0.475. The van der Waals surface area contributed by atoms with Gasteiger partial charge in [-0.15, -0.1) is 0 Å². The monoisotopic (exact) mass is 259 g/mol. The number of hydrogen-bond acceptors (Lipinski definition) is 4. The van der Waals surface area contributed by atoms with E-state index in [2.05, 4.69) is 4.98 Å². The van der Waals surface area contributed by atoms with Gasteiger partial charge in [-0.25, -0.2) is 4.98 Å². The van der Waals surface area contributed by atoms with Gasteiger partial charge in [-0.2, -0.15) is 5.26 Å². The zero-order valence-corrected chi connectivity index (χ0v) is 10.4. The molecule has 2 aromatic rings. The number of rotatable bonds is 2. The summed E-state index contributed by atoms with van der Waals surface area (Å²) in [5, 5.41) is 18.7. The minimum absolute atomic E-state index is 0.159. The van der Waals surface area contributed by atoms with Crippen LogP contribution in [0.25, 0.3) is 0 Å². The fourth-order valence-corrected chi connectivity index (χ4v) is 1.86. The average Bonchev–Trinajstić information content (AvgIpc) is 2.38. The topological polar surface area (TPSA) is 60.1 Å². The van der Waals surface area contributed by atoms with Crippen molar-refractivity contribution in [3.05, 3.63) is 47.1 Å². The van der Waals surface area contributed by atoms with Crippen LogP contribution in [0.1, 0.15) is 5.56 Å². The predicted molar refractivity (Wildman–Crippen MR) is 70.1 cm³/mol. The van der Waals surface area contributed by atoms with E-state index in [1.54, 1.807) is 36.2 Å². The molecule has 0 spiro atoms. The number of phenols is 1. The molecule has 1 heterocycles. The van der Waals surface area contributed by atoms with Crippen LogP contribution < -0.4 is 4.90 Å². The number of pyridine rings is 1. The van der Waals surface area contributed by atoms with Gasteiger partial charge >= 0.3 is 0 Å². The molecular weight excluding hydrogens is 250 g/mol. The fraction of sp³-hybridized carbons (Fsp3) is 0.0769. The maximum Gasteiger partial charge on any atom is 0.152 e. The Bertz CT molecular complexity index is 622. The number of aromatic nitrogens is 1. The molecular formula is C13H10ClN3O. The van der Waals surface area contributed by atoms with E-state index in [-0.39, 0.29) is 5.75 Å². The van der Waals surface area contributed by atoms with Crippen LogP contribution in [0.4, 0.5) is 11.5 Å². The van der Waals surface area contributed by atoms with Gasteiger partial charge in [0.1, 0.15) is 16.8 Å². The van der Waals surface area contributed by atoms with Crippen LogP contribution >= 0.6 is 11.6 Å². The highest BCUT2D eigenvalue weighted by molar-refractivity contribution is 6.34. The van der Waals surface area contributed by atoms with Gasteiger partial charge in [-0.3, -0.25) is 0 Å². The first-order chi connectivity index (χ1) is 8.63. The predicted octanol–water partition coefficient (Wildman–Crippen LogP) is 3.08. The van der Waals surface area contributed by atoms with Crippen molar-refractivity contribution in [2.75, 3.05) is 11.9 Å². The Hall–Kier alpha value is -2.25. The van der Waals surface area contributed by atoms with E-state index in [1.807, 2.05) is 12.1 Å². The third kappa shape index (κ3) is 2.22. The number of nitriles is 1. The molecule has 0 aliphatic heterocycles. The molecule has 0 saturated heterocycles. The molecule has 1 aromatic heterocycles. The van der Waals surface area contributed by atoms with Crippen LogP contribution in [0.2, 0.25) is 5.02 Å². The molecule has 5 heteroatoms. The van der Waals surface area contributed by atoms with Gasteiger partial charge in [0.25, 0.3) is 0 Å². The first kappa shape index (κ1) is 12.2. The highest BCUT2D eigenvalue weighted by atomic mass is 35.5. The quantitative estimate of drug-likeness (QED) is 0.900. The van der Waals surface area contributed by atoms with Crippen molar-refractivity contribution in [3.63, 3.8) is 0 Å². The van der Waals surface area contributed by atoms with Crippen molar-refractivity contribution in [2.24, 2.45) is 0 Å². The maximum atomic E-state index is 9.45. The van der Waals surface area contributed by atoms with Gasteiger partial charge in [0.15, 0.2) is 5.82 Å². The highest BCUT2D eigenvalue weighted by Crippen LogP contribution is 2.31. The second-order valence-electron chi connectivity index (χ2n) is 3.69. The largest absolute Gasteiger partial charge is 0.508 e. The zero-order chi connectivity index (χ0) is 13.1. The summed E-state index contributed by atoms with van der Waals surface area (Å²) in [5.74, 6) is 0.633. The normalized spacial score (nSPS) is 9.83. The van der Waals surface area contributed by atoms with Crippen LogP contribution in [0, 0.1) is 11.3 Å². The van der Waals surface area contributed by atoms with E-state index in [0.29, 0.717) is 16.4 Å². The highest BCUT2D eigenvalue weighted by Gasteiger charge is 2.13. The number of halogens is 1. The van der Waals surface area contributed by atoms with Gasteiger partial charge in [0, 0.05) is 25.0 Å². The molecule has 0 radical (unpaired) electrons. The van der Waals surface area contributed by atoms with Gasteiger partial charge in [0.05, 0.1) is 5.56 Å². The molecule has 0 unspecified atom stereocenters. The van der Waals surface area contributed by atoms with Crippen LogP contribution in [0.3, 0.4) is 0 Å². The van der Waals surface area contributed by atoms with E-state index in [1.165, 1.54) is 6.20 Å². The van der Waals surface area contributed by atoms with Crippen molar-refractivity contribution >= 4 is 23.1 Å². The summed E-state index contributed by atoms with van der Waals surface area (Å²) >= 11 is 6.10. The maximum absolute atomic E-state index is 9.45. The van der Waals surface area contributed by atoms with Crippen molar-refractivity contribution in [1.29, 1.82) is 5.26 Å². The van der Waals surface area contributed by atoms with Gasteiger partial charge in [-0.1, -0.05) is 17.7 Å². The zero-order valence-electron chi connectivity index (χ0n) is 9.63. The molecule has 0 amide bonds. The summed E-state index contributed by atoms with van der Waals surface area (Å²) in [5.41, 5.74) is 1.10. The second kappa shape index (κ2) is 4.94. The first-order valence-electron chi connectivity index (χ1n) is 5.21. The second-order valence-corrected chi connectivity index (χ2v) is 4.06. The SMILES string of the molecule is CN(c1cccc(O)c1)c1nccc(C#N)c1Cl. The van der Waals surface area contributed by atoms with Gasteiger partial charge in [0.2, 0.25) is 0 Å². The molecule has 0 aliphatic rings. The van der Waals surface area contributed by atoms with Gasteiger partial charge in [-0.05, 0) is 18.2 Å². The lowest BCUT2D eigenvalue weighted by Crippen LogP contribution is -2.12. The Balaban J connectivity index is 2.47. The van der Waals surface area contributed by atoms with Crippen LogP contribution in [0.15, 0.2) is 36.5 Å². The number of hydrogen-bond donors (Lipinski definition) is 1. The van der Waals surface area contributed by atoms with Gasteiger partial charge < -0.3 is 10.0 Å². The molecule has 4 nitrogen and oxygen atoms in total. The number of benzene rings is 1.